The summed E-state index contributed by atoms with van der Waals surface area (Å²) in [4.78, 5) is 10.5. The topological polar surface area (TPSA) is 107 Å². The maximum atomic E-state index is 13.1. The van der Waals surface area contributed by atoms with Crippen LogP contribution in [0.2, 0.25) is 0 Å². The Labute approximate surface area is 148 Å². The minimum Gasteiger partial charge on any atom is -0.326 e. The van der Waals surface area contributed by atoms with Gasteiger partial charge in [0.25, 0.3) is 5.69 Å². The summed E-state index contributed by atoms with van der Waals surface area (Å²) in [6.07, 6.45) is 2.32. The maximum Gasteiger partial charge on any atom is 0.289 e. The number of hydrogen-bond donors (Lipinski definition) is 1. The van der Waals surface area contributed by atoms with E-state index < -0.39 is 14.9 Å². The van der Waals surface area contributed by atoms with Crippen LogP contribution in [0.1, 0.15) is 37.3 Å². The molecule has 0 bridgehead atoms. The van der Waals surface area contributed by atoms with Gasteiger partial charge in [0.1, 0.15) is 0 Å². The standard InChI is InChI=1S/C15H23N3O4S.ClH/c1-10-8-14(18(19)20)15(9-11(10)2)23(21,22)17-7-5-4-6-13(17)12(3)16;/h8-9,12-13H,4-7,16H2,1-3H3;1H. The highest BCUT2D eigenvalue weighted by Crippen LogP contribution is 2.33. The number of aryl methyl sites for hydroxylation is 2. The van der Waals surface area contributed by atoms with Crippen LogP contribution in [0, 0.1) is 24.0 Å². The van der Waals surface area contributed by atoms with Crippen molar-refractivity contribution in [3.05, 3.63) is 33.4 Å². The molecule has 2 N–H and O–H groups in total. The summed E-state index contributed by atoms with van der Waals surface area (Å²) in [5.41, 5.74) is 6.98. The molecule has 0 spiro atoms. The van der Waals surface area contributed by atoms with Gasteiger partial charge in [-0.2, -0.15) is 4.31 Å². The molecule has 0 saturated carbocycles. The summed E-state index contributed by atoms with van der Waals surface area (Å²) in [5.74, 6) is 0. The van der Waals surface area contributed by atoms with Crippen LogP contribution < -0.4 is 5.73 Å². The van der Waals surface area contributed by atoms with Gasteiger partial charge in [-0.3, -0.25) is 10.1 Å². The fourth-order valence-electron chi connectivity index (χ4n) is 3.00. The van der Waals surface area contributed by atoms with E-state index in [1.54, 1.807) is 20.8 Å². The van der Waals surface area contributed by atoms with Gasteiger partial charge in [0.05, 0.1) is 4.92 Å². The highest BCUT2D eigenvalue weighted by atomic mass is 35.5. The lowest BCUT2D eigenvalue weighted by Crippen LogP contribution is -2.51. The van der Waals surface area contributed by atoms with Crippen LogP contribution in [0.3, 0.4) is 0 Å². The predicted octanol–water partition coefficient (Wildman–Crippen LogP) is 2.52. The third-order valence-electron chi connectivity index (χ3n) is 4.46. The fraction of sp³-hybridized carbons (Fsp3) is 0.600. The molecule has 2 unspecified atom stereocenters. The smallest absolute Gasteiger partial charge is 0.289 e. The Morgan fingerprint density at radius 2 is 1.88 bits per heavy atom. The number of nitrogens with zero attached hydrogens (tertiary/aromatic N) is 2. The van der Waals surface area contributed by atoms with Crippen LogP contribution >= 0.6 is 12.4 Å². The zero-order valence-corrected chi connectivity index (χ0v) is 15.7. The molecule has 0 aliphatic carbocycles. The molecule has 1 aromatic rings. The second-order valence-electron chi connectivity index (χ2n) is 6.20. The Balaban J connectivity index is 0.00000288. The van der Waals surface area contributed by atoms with E-state index in [9.17, 15) is 18.5 Å². The zero-order valence-electron chi connectivity index (χ0n) is 14.1. The molecule has 2 atom stereocenters. The number of nitro groups is 1. The highest BCUT2D eigenvalue weighted by molar-refractivity contribution is 7.89. The summed E-state index contributed by atoms with van der Waals surface area (Å²) in [6, 6.07) is 2.08. The molecule has 24 heavy (non-hydrogen) atoms. The van der Waals surface area contributed by atoms with Crippen LogP contribution in [0.5, 0.6) is 0 Å². The molecule has 1 aliphatic heterocycles. The normalized spacial score (nSPS) is 20.2. The van der Waals surface area contributed by atoms with Crippen molar-refractivity contribution in [3.63, 3.8) is 0 Å². The summed E-state index contributed by atoms with van der Waals surface area (Å²) in [7, 11) is -3.96. The Bertz CT molecular complexity index is 722. The Morgan fingerprint density at radius 1 is 1.29 bits per heavy atom. The molecule has 0 amide bonds. The lowest BCUT2D eigenvalue weighted by Gasteiger charge is -2.36. The van der Waals surface area contributed by atoms with Crippen LogP contribution in [-0.2, 0) is 10.0 Å². The molecule has 7 nitrogen and oxygen atoms in total. The highest BCUT2D eigenvalue weighted by Gasteiger charge is 2.38. The van der Waals surface area contributed by atoms with Crippen LogP contribution in [0.25, 0.3) is 0 Å². The minimum absolute atomic E-state index is 0. The molecule has 1 heterocycles. The molecule has 0 aromatic heterocycles. The quantitative estimate of drug-likeness (QED) is 0.640. The van der Waals surface area contributed by atoms with Crippen molar-refractivity contribution < 1.29 is 13.3 Å². The second kappa shape index (κ2) is 7.77. The van der Waals surface area contributed by atoms with E-state index in [1.165, 1.54) is 16.4 Å². The van der Waals surface area contributed by atoms with Crippen molar-refractivity contribution in [2.24, 2.45) is 5.73 Å². The minimum atomic E-state index is -3.96. The van der Waals surface area contributed by atoms with Gasteiger partial charge in [0.15, 0.2) is 4.90 Å². The molecule has 0 radical (unpaired) electrons. The molecule has 2 rings (SSSR count). The van der Waals surface area contributed by atoms with Gasteiger partial charge in [-0.1, -0.05) is 6.42 Å². The van der Waals surface area contributed by atoms with Gasteiger partial charge in [-0.25, -0.2) is 8.42 Å². The van der Waals surface area contributed by atoms with E-state index in [2.05, 4.69) is 0 Å². The van der Waals surface area contributed by atoms with Crippen molar-refractivity contribution in [3.8, 4) is 0 Å². The third kappa shape index (κ3) is 3.88. The number of sulfonamides is 1. The average molecular weight is 378 g/mol. The summed E-state index contributed by atoms with van der Waals surface area (Å²) in [5, 5.41) is 11.3. The van der Waals surface area contributed by atoms with E-state index >= 15 is 0 Å². The molecule has 1 aliphatic rings. The zero-order chi connectivity index (χ0) is 17.4. The lowest BCUT2D eigenvalue weighted by molar-refractivity contribution is -0.387. The molecular formula is C15H24ClN3O4S. The maximum absolute atomic E-state index is 13.1. The first-order chi connectivity index (χ1) is 10.7. The number of benzene rings is 1. The van der Waals surface area contributed by atoms with E-state index in [4.69, 9.17) is 5.73 Å². The summed E-state index contributed by atoms with van der Waals surface area (Å²) >= 11 is 0. The van der Waals surface area contributed by atoms with E-state index in [-0.39, 0.29) is 35.1 Å². The Kier molecular flexibility index (Phi) is 6.75. The van der Waals surface area contributed by atoms with Crippen LogP contribution in [0.15, 0.2) is 17.0 Å². The molecular weight excluding hydrogens is 354 g/mol. The number of piperidine rings is 1. The predicted molar refractivity (Wildman–Crippen MR) is 95.0 cm³/mol. The van der Waals surface area contributed by atoms with Gasteiger partial charge in [0.2, 0.25) is 10.0 Å². The van der Waals surface area contributed by atoms with Gasteiger partial charge in [-0.05, 0) is 50.8 Å². The molecule has 1 fully saturated rings. The van der Waals surface area contributed by atoms with Gasteiger partial charge in [-0.15, -0.1) is 12.4 Å². The monoisotopic (exact) mass is 377 g/mol. The summed E-state index contributed by atoms with van der Waals surface area (Å²) < 4.78 is 27.5. The Hall–Kier alpha value is -1.22. The fourth-order valence-corrected chi connectivity index (χ4v) is 5.00. The van der Waals surface area contributed by atoms with E-state index in [0.717, 1.165) is 12.8 Å². The number of rotatable bonds is 4. The number of hydrogen-bond acceptors (Lipinski definition) is 5. The van der Waals surface area contributed by atoms with Crippen molar-refractivity contribution in [1.29, 1.82) is 0 Å². The second-order valence-corrected chi connectivity index (χ2v) is 8.06. The summed E-state index contributed by atoms with van der Waals surface area (Å²) in [6.45, 7) is 5.59. The first-order valence-corrected chi connectivity index (χ1v) is 9.13. The van der Waals surface area contributed by atoms with Crippen LogP contribution in [0.4, 0.5) is 5.69 Å². The number of halogens is 1. The molecule has 9 heteroatoms. The first-order valence-electron chi connectivity index (χ1n) is 7.69. The van der Waals surface area contributed by atoms with E-state index in [1.807, 2.05) is 0 Å². The van der Waals surface area contributed by atoms with Crippen molar-refractivity contribution in [2.45, 2.75) is 57.0 Å². The van der Waals surface area contributed by atoms with Crippen molar-refractivity contribution in [1.82, 2.24) is 4.31 Å². The van der Waals surface area contributed by atoms with Gasteiger partial charge >= 0.3 is 0 Å². The van der Waals surface area contributed by atoms with Crippen molar-refractivity contribution in [2.75, 3.05) is 6.54 Å². The Morgan fingerprint density at radius 3 is 2.42 bits per heavy atom. The lowest BCUT2D eigenvalue weighted by atomic mass is 10.00. The SMILES string of the molecule is Cc1cc([N+](=O)[O-])c(S(=O)(=O)N2CCCCC2C(C)N)cc1C.Cl. The molecule has 1 saturated heterocycles. The largest absolute Gasteiger partial charge is 0.326 e. The average Bonchev–Trinajstić information content (AvgIpc) is 2.49. The van der Waals surface area contributed by atoms with Gasteiger partial charge < -0.3 is 5.73 Å². The third-order valence-corrected chi connectivity index (χ3v) is 6.42. The molecule has 1 aromatic carbocycles. The first kappa shape index (κ1) is 20.8. The number of nitro benzene ring substituents is 1. The van der Waals surface area contributed by atoms with E-state index in [0.29, 0.717) is 24.1 Å². The molecule has 136 valence electrons. The van der Waals surface area contributed by atoms with Crippen molar-refractivity contribution >= 4 is 28.1 Å². The number of nitrogens with two attached hydrogens (primary N) is 1. The van der Waals surface area contributed by atoms with Crippen LogP contribution in [-0.4, -0.2) is 36.3 Å². The van der Waals surface area contributed by atoms with Gasteiger partial charge in [0, 0.05) is 24.7 Å².